The van der Waals surface area contributed by atoms with Crippen LogP contribution in [0.15, 0.2) is 65.7 Å². The Kier molecular flexibility index (Phi) is 9.51. The number of thiophene rings is 1. The van der Waals surface area contributed by atoms with Crippen molar-refractivity contribution in [2.45, 2.75) is 59.0 Å². The summed E-state index contributed by atoms with van der Waals surface area (Å²) in [5.41, 5.74) is 5.47. The number of carbonyl (C=O) groups is 1. The quantitative estimate of drug-likeness (QED) is 0.118. The summed E-state index contributed by atoms with van der Waals surface area (Å²) in [6.07, 6.45) is 7.49. The van der Waals surface area contributed by atoms with Crippen LogP contribution in [-0.4, -0.2) is 24.2 Å². The summed E-state index contributed by atoms with van der Waals surface area (Å²) in [7, 11) is 1.49. The second-order valence-corrected chi connectivity index (χ2v) is 11.9. The molecule has 0 saturated heterocycles. The third kappa shape index (κ3) is 7.29. The number of hydrogen-bond donors (Lipinski definition) is 1. The van der Waals surface area contributed by atoms with E-state index in [2.05, 4.69) is 11.4 Å². The van der Waals surface area contributed by atoms with Crippen LogP contribution < -0.4 is 14.8 Å². The van der Waals surface area contributed by atoms with E-state index in [9.17, 15) is 14.9 Å². The number of nitrogens with one attached hydrogen (secondary N) is 1. The predicted molar refractivity (Wildman–Crippen MR) is 172 cm³/mol. The van der Waals surface area contributed by atoms with Gasteiger partial charge in [-0.1, -0.05) is 49.2 Å². The smallest absolute Gasteiger partial charge is 0.282 e. The molecule has 5 rings (SSSR count). The Morgan fingerprint density at radius 1 is 1.00 bits per heavy atom. The van der Waals surface area contributed by atoms with Crippen molar-refractivity contribution in [3.63, 3.8) is 0 Å². The molecule has 0 spiro atoms. The molecule has 0 fully saturated rings. The fourth-order valence-corrected chi connectivity index (χ4v) is 6.66. The number of benzene rings is 3. The second kappa shape index (κ2) is 13.6. The van der Waals surface area contributed by atoms with E-state index in [4.69, 9.17) is 14.5 Å². The number of ether oxygens (including phenoxy) is 2. The lowest BCUT2D eigenvalue weighted by atomic mass is 9.96. The zero-order chi connectivity index (χ0) is 30.3. The summed E-state index contributed by atoms with van der Waals surface area (Å²) in [5, 5.41) is 15.7. The molecule has 1 aliphatic carbocycles. The molecule has 0 aliphatic heterocycles. The topological polar surface area (TPSA) is 103 Å². The Hall–Kier alpha value is -4.50. The van der Waals surface area contributed by atoms with Gasteiger partial charge in [0.15, 0.2) is 11.5 Å². The van der Waals surface area contributed by atoms with Gasteiger partial charge < -0.3 is 14.8 Å². The van der Waals surface area contributed by atoms with Crippen LogP contribution in [-0.2, 0) is 19.4 Å². The van der Waals surface area contributed by atoms with Gasteiger partial charge in [0.1, 0.15) is 11.6 Å². The van der Waals surface area contributed by atoms with Crippen molar-refractivity contribution in [3.8, 4) is 11.5 Å². The van der Waals surface area contributed by atoms with Crippen LogP contribution in [0, 0.1) is 24.0 Å². The molecule has 1 heterocycles. The average molecular weight is 598 g/mol. The maximum absolute atomic E-state index is 13.8. The van der Waals surface area contributed by atoms with E-state index < -0.39 is 4.92 Å². The summed E-state index contributed by atoms with van der Waals surface area (Å²) < 4.78 is 11.4. The highest BCUT2D eigenvalue weighted by atomic mass is 32.1. The Morgan fingerprint density at radius 2 is 1.72 bits per heavy atom. The van der Waals surface area contributed by atoms with Crippen LogP contribution in [0.1, 0.15) is 68.7 Å². The SMILES string of the molecule is COc1cc(C=Nc2sc3c(c2C(=O)Nc2cc(C)cc(C)c2)CCCCCC3)c([N+](=O)[O-])cc1OCc1ccccc1. The maximum Gasteiger partial charge on any atom is 0.282 e. The lowest BCUT2D eigenvalue weighted by Crippen LogP contribution is -2.14. The largest absolute Gasteiger partial charge is 0.493 e. The first-order valence-electron chi connectivity index (χ1n) is 14.4. The highest BCUT2D eigenvalue weighted by Gasteiger charge is 2.25. The van der Waals surface area contributed by atoms with Crippen molar-refractivity contribution >= 4 is 39.8 Å². The number of carbonyl (C=O) groups excluding carboxylic acids is 1. The molecule has 0 unspecified atom stereocenters. The van der Waals surface area contributed by atoms with Gasteiger partial charge in [-0.25, -0.2) is 4.99 Å². The first-order valence-corrected chi connectivity index (χ1v) is 15.3. The van der Waals surface area contributed by atoms with Gasteiger partial charge in [-0.2, -0.15) is 0 Å². The Morgan fingerprint density at radius 3 is 2.42 bits per heavy atom. The lowest BCUT2D eigenvalue weighted by molar-refractivity contribution is -0.385. The maximum atomic E-state index is 13.8. The van der Waals surface area contributed by atoms with Gasteiger partial charge in [-0.3, -0.25) is 14.9 Å². The minimum atomic E-state index is -0.461. The van der Waals surface area contributed by atoms with Crippen LogP contribution in [0.5, 0.6) is 11.5 Å². The molecular formula is C34H35N3O5S. The molecule has 1 aliphatic rings. The zero-order valence-electron chi connectivity index (χ0n) is 24.6. The van der Waals surface area contributed by atoms with E-state index in [1.165, 1.54) is 30.7 Å². The number of nitro benzene ring substituents is 1. The molecule has 0 saturated carbocycles. The molecule has 222 valence electrons. The zero-order valence-corrected chi connectivity index (χ0v) is 25.5. The van der Waals surface area contributed by atoms with E-state index in [-0.39, 0.29) is 29.5 Å². The fraction of sp³-hybridized carbons (Fsp3) is 0.294. The molecule has 8 nitrogen and oxygen atoms in total. The van der Waals surface area contributed by atoms with E-state index >= 15 is 0 Å². The summed E-state index contributed by atoms with van der Waals surface area (Å²) in [6.45, 7) is 4.23. The van der Waals surface area contributed by atoms with Gasteiger partial charge in [0.25, 0.3) is 11.6 Å². The molecular weight excluding hydrogens is 562 g/mol. The molecule has 1 aromatic heterocycles. The number of nitro groups is 1. The molecule has 0 bridgehead atoms. The summed E-state index contributed by atoms with van der Waals surface area (Å²) in [4.78, 5) is 31.3. The minimum absolute atomic E-state index is 0.163. The molecule has 9 heteroatoms. The van der Waals surface area contributed by atoms with Gasteiger partial charge in [-0.05, 0) is 80.0 Å². The van der Waals surface area contributed by atoms with Crippen LogP contribution in [0.3, 0.4) is 0 Å². The number of aryl methyl sites for hydroxylation is 3. The summed E-state index contributed by atoms with van der Waals surface area (Å²) in [6, 6.07) is 18.4. The fourth-order valence-electron chi connectivity index (χ4n) is 5.43. The van der Waals surface area contributed by atoms with E-state index in [0.29, 0.717) is 16.3 Å². The van der Waals surface area contributed by atoms with E-state index in [1.807, 2.05) is 56.3 Å². The molecule has 0 atom stereocenters. The summed E-state index contributed by atoms with van der Waals surface area (Å²) in [5.74, 6) is 0.406. The summed E-state index contributed by atoms with van der Waals surface area (Å²) >= 11 is 1.50. The molecule has 0 radical (unpaired) electrons. The first kappa shape index (κ1) is 30.0. The third-order valence-corrected chi connectivity index (χ3v) is 8.63. The highest BCUT2D eigenvalue weighted by molar-refractivity contribution is 7.16. The molecule has 1 amide bonds. The Bertz CT molecular complexity index is 1640. The molecule has 43 heavy (non-hydrogen) atoms. The standard InChI is InChI=1S/C34H35N3O5S/c1-22-15-23(2)17-26(16-22)36-33(38)32-27-13-9-4-5-10-14-31(27)43-34(32)35-20-25-18-29(41-3)30(19-28(25)37(39)40)42-21-24-11-7-6-8-12-24/h6-8,11-12,15-20H,4-5,9-10,13-14,21H2,1-3H3,(H,36,38). The van der Waals surface area contributed by atoms with Crippen molar-refractivity contribution < 1.29 is 19.2 Å². The average Bonchev–Trinajstić information content (AvgIpc) is 3.30. The number of hydrogen-bond acceptors (Lipinski definition) is 7. The van der Waals surface area contributed by atoms with Crippen molar-refractivity contribution in [2.75, 3.05) is 12.4 Å². The van der Waals surface area contributed by atoms with Crippen molar-refractivity contribution in [3.05, 3.63) is 109 Å². The first-order chi connectivity index (χ1) is 20.8. The Labute approximate surface area is 255 Å². The number of amides is 1. The van der Waals surface area contributed by atoms with Crippen molar-refractivity contribution in [1.82, 2.24) is 0 Å². The van der Waals surface area contributed by atoms with Crippen molar-refractivity contribution in [1.29, 1.82) is 0 Å². The predicted octanol–water partition coefficient (Wildman–Crippen LogP) is 8.52. The highest BCUT2D eigenvalue weighted by Crippen LogP contribution is 2.40. The monoisotopic (exact) mass is 597 g/mol. The van der Waals surface area contributed by atoms with Crippen LogP contribution in [0.25, 0.3) is 0 Å². The van der Waals surface area contributed by atoms with Gasteiger partial charge >= 0.3 is 0 Å². The lowest BCUT2D eigenvalue weighted by Gasteiger charge is -2.13. The number of rotatable bonds is 9. The van der Waals surface area contributed by atoms with Crippen LogP contribution >= 0.6 is 11.3 Å². The van der Waals surface area contributed by atoms with Gasteiger partial charge in [0.2, 0.25) is 0 Å². The normalized spacial score (nSPS) is 13.2. The minimum Gasteiger partial charge on any atom is -0.493 e. The van der Waals surface area contributed by atoms with E-state index in [0.717, 1.165) is 71.3 Å². The van der Waals surface area contributed by atoms with Gasteiger partial charge in [-0.15, -0.1) is 11.3 Å². The Balaban J connectivity index is 1.51. The van der Waals surface area contributed by atoms with Crippen LogP contribution in [0.4, 0.5) is 16.4 Å². The molecule has 1 N–H and O–H groups in total. The number of aliphatic imine (C=N–C) groups is 1. The van der Waals surface area contributed by atoms with E-state index in [1.54, 1.807) is 6.07 Å². The number of methoxy groups -OCH3 is 1. The number of fused-ring (bicyclic) bond motifs is 1. The molecule has 3 aromatic carbocycles. The van der Waals surface area contributed by atoms with Crippen LogP contribution in [0.2, 0.25) is 0 Å². The van der Waals surface area contributed by atoms with Gasteiger partial charge in [0.05, 0.1) is 29.2 Å². The molecule has 4 aromatic rings. The number of nitrogens with zero attached hydrogens (tertiary/aromatic N) is 2. The second-order valence-electron chi connectivity index (χ2n) is 10.8. The third-order valence-electron chi connectivity index (χ3n) is 7.43. The number of anilines is 1. The van der Waals surface area contributed by atoms with Crippen molar-refractivity contribution in [2.24, 2.45) is 4.99 Å². The van der Waals surface area contributed by atoms with Gasteiger partial charge in [0, 0.05) is 16.8 Å².